The molecule has 0 spiro atoms. The minimum Gasteiger partial charge on any atom is -0.367 e. The van der Waals surface area contributed by atoms with E-state index in [1.54, 1.807) is 4.68 Å². The molecule has 0 aliphatic carbocycles. The molecule has 0 bridgehead atoms. The highest BCUT2D eigenvalue weighted by molar-refractivity contribution is 5.82. The zero-order chi connectivity index (χ0) is 17.4. The molecule has 0 unspecified atom stereocenters. The van der Waals surface area contributed by atoms with Crippen molar-refractivity contribution in [1.82, 2.24) is 20.0 Å². The SMILES string of the molecule is Cn1cc([C@@]2(C)CN(C(=O)[C@@H]3Cc4ccccc4CN3)CCO2)cn1. The molecule has 2 aliphatic rings. The second-order valence-electron chi connectivity index (χ2n) is 7.15. The van der Waals surface area contributed by atoms with Gasteiger partial charge in [-0.1, -0.05) is 24.3 Å². The summed E-state index contributed by atoms with van der Waals surface area (Å²) in [4.78, 5) is 15.0. The van der Waals surface area contributed by atoms with E-state index in [2.05, 4.69) is 22.5 Å². The summed E-state index contributed by atoms with van der Waals surface area (Å²) < 4.78 is 7.79. The number of hydrogen-bond donors (Lipinski definition) is 1. The van der Waals surface area contributed by atoms with E-state index in [1.165, 1.54) is 11.1 Å². The van der Waals surface area contributed by atoms with Gasteiger partial charge in [-0.25, -0.2) is 0 Å². The summed E-state index contributed by atoms with van der Waals surface area (Å²) in [6.45, 7) is 4.51. The number of nitrogens with one attached hydrogen (secondary N) is 1. The molecular formula is C19H24N4O2. The number of rotatable bonds is 2. The van der Waals surface area contributed by atoms with Crippen molar-refractivity contribution in [3.63, 3.8) is 0 Å². The molecule has 1 saturated heterocycles. The molecule has 2 aromatic rings. The zero-order valence-electron chi connectivity index (χ0n) is 14.7. The second kappa shape index (κ2) is 6.28. The first-order valence-corrected chi connectivity index (χ1v) is 8.77. The van der Waals surface area contributed by atoms with Crippen molar-refractivity contribution in [3.8, 4) is 0 Å². The van der Waals surface area contributed by atoms with Gasteiger partial charge in [-0.05, 0) is 24.5 Å². The maximum absolute atomic E-state index is 13.1. The van der Waals surface area contributed by atoms with Crippen LogP contribution < -0.4 is 5.32 Å². The van der Waals surface area contributed by atoms with Crippen molar-refractivity contribution >= 4 is 5.91 Å². The predicted molar refractivity (Wildman–Crippen MR) is 93.9 cm³/mol. The third-order valence-electron chi connectivity index (χ3n) is 5.28. The van der Waals surface area contributed by atoms with E-state index < -0.39 is 5.60 Å². The largest absolute Gasteiger partial charge is 0.367 e. The average Bonchev–Trinajstić information content (AvgIpc) is 3.08. The van der Waals surface area contributed by atoms with Crippen molar-refractivity contribution in [1.29, 1.82) is 0 Å². The molecule has 1 aromatic heterocycles. The van der Waals surface area contributed by atoms with Crippen LogP contribution in [0.4, 0.5) is 0 Å². The fourth-order valence-corrected chi connectivity index (χ4v) is 3.78. The van der Waals surface area contributed by atoms with Gasteiger partial charge in [-0.3, -0.25) is 9.48 Å². The highest BCUT2D eigenvalue weighted by atomic mass is 16.5. The Morgan fingerprint density at radius 2 is 2.16 bits per heavy atom. The summed E-state index contributed by atoms with van der Waals surface area (Å²) in [6.07, 6.45) is 4.53. The number of amides is 1. The Kier molecular flexibility index (Phi) is 4.09. The van der Waals surface area contributed by atoms with E-state index in [-0.39, 0.29) is 11.9 Å². The molecule has 1 N–H and O–H groups in total. The number of carbonyl (C=O) groups excluding carboxylic acids is 1. The number of hydrogen-bond acceptors (Lipinski definition) is 4. The van der Waals surface area contributed by atoms with Gasteiger partial charge in [-0.2, -0.15) is 5.10 Å². The Bertz CT molecular complexity index is 787. The van der Waals surface area contributed by atoms with Gasteiger partial charge in [0, 0.05) is 31.9 Å². The first kappa shape index (κ1) is 16.3. The maximum atomic E-state index is 13.1. The monoisotopic (exact) mass is 340 g/mol. The van der Waals surface area contributed by atoms with Gasteiger partial charge < -0.3 is 15.0 Å². The van der Waals surface area contributed by atoms with Crippen LogP contribution in [0.15, 0.2) is 36.7 Å². The van der Waals surface area contributed by atoms with Crippen LogP contribution in [-0.2, 0) is 35.1 Å². The Morgan fingerprint density at radius 1 is 1.36 bits per heavy atom. The van der Waals surface area contributed by atoms with E-state index in [0.717, 1.165) is 18.5 Å². The van der Waals surface area contributed by atoms with Gasteiger partial charge in [0.15, 0.2) is 0 Å². The Hall–Kier alpha value is -2.18. The fourth-order valence-electron chi connectivity index (χ4n) is 3.78. The van der Waals surface area contributed by atoms with Crippen LogP contribution in [0, 0.1) is 0 Å². The number of morpholine rings is 1. The Morgan fingerprint density at radius 3 is 2.92 bits per heavy atom. The lowest BCUT2D eigenvalue weighted by atomic mass is 9.93. The first-order valence-electron chi connectivity index (χ1n) is 8.77. The molecule has 1 aromatic carbocycles. The van der Waals surface area contributed by atoms with Crippen molar-refractivity contribution < 1.29 is 9.53 Å². The molecule has 6 heteroatoms. The standard InChI is InChI=1S/C19H24N4O2/c1-19(16-11-21-22(2)12-16)13-23(7-8-25-19)18(24)17-9-14-5-3-4-6-15(14)10-20-17/h3-6,11-12,17,20H,7-10,13H2,1-2H3/t17-,19+/m0/s1. The molecule has 1 amide bonds. The van der Waals surface area contributed by atoms with Crippen LogP contribution in [0.25, 0.3) is 0 Å². The van der Waals surface area contributed by atoms with Gasteiger partial charge in [0.2, 0.25) is 5.91 Å². The number of benzene rings is 1. The van der Waals surface area contributed by atoms with Crippen LogP contribution >= 0.6 is 0 Å². The lowest BCUT2D eigenvalue weighted by Gasteiger charge is -2.41. The Balaban J connectivity index is 1.49. The average molecular weight is 340 g/mol. The maximum Gasteiger partial charge on any atom is 0.240 e. The molecule has 1 fully saturated rings. The quantitative estimate of drug-likeness (QED) is 0.893. The van der Waals surface area contributed by atoms with Gasteiger partial charge in [0.25, 0.3) is 0 Å². The van der Waals surface area contributed by atoms with E-state index in [1.807, 2.05) is 43.4 Å². The van der Waals surface area contributed by atoms with Gasteiger partial charge in [0.05, 0.1) is 25.4 Å². The van der Waals surface area contributed by atoms with Crippen molar-refractivity contribution in [2.45, 2.75) is 31.5 Å². The van der Waals surface area contributed by atoms with Crippen molar-refractivity contribution in [2.24, 2.45) is 7.05 Å². The van der Waals surface area contributed by atoms with Crippen LogP contribution in [0.3, 0.4) is 0 Å². The van der Waals surface area contributed by atoms with E-state index >= 15 is 0 Å². The highest BCUT2D eigenvalue weighted by Crippen LogP contribution is 2.29. The zero-order valence-corrected chi connectivity index (χ0v) is 14.7. The third-order valence-corrected chi connectivity index (χ3v) is 5.28. The summed E-state index contributed by atoms with van der Waals surface area (Å²) in [5.41, 5.74) is 3.06. The van der Waals surface area contributed by atoms with E-state index in [0.29, 0.717) is 19.7 Å². The van der Waals surface area contributed by atoms with Crippen LogP contribution in [0.2, 0.25) is 0 Å². The van der Waals surface area contributed by atoms with E-state index in [9.17, 15) is 4.79 Å². The number of aryl methyl sites for hydroxylation is 1. The molecule has 132 valence electrons. The molecular weight excluding hydrogens is 316 g/mol. The number of aromatic nitrogens is 2. The lowest BCUT2D eigenvalue weighted by molar-refractivity contribution is -0.151. The smallest absolute Gasteiger partial charge is 0.240 e. The third kappa shape index (κ3) is 3.07. The number of nitrogens with zero attached hydrogens (tertiary/aromatic N) is 3. The molecule has 25 heavy (non-hydrogen) atoms. The van der Waals surface area contributed by atoms with Crippen LogP contribution in [0.1, 0.15) is 23.6 Å². The van der Waals surface area contributed by atoms with Crippen molar-refractivity contribution in [3.05, 3.63) is 53.3 Å². The van der Waals surface area contributed by atoms with Gasteiger partial charge >= 0.3 is 0 Å². The molecule has 0 saturated carbocycles. The summed E-state index contributed by atoms with van der Waals surface area (Å²) >= 11 is 0. The molecule has 3 heterocycles. The van der Waals surface area contributed by atoms with Gasteiger partial charge in [-0.15, -0.1) is 0 Å². The van der Waals surface area contributed by atoms with E-state index in [4.69, 9.17) is 4.74 Å². The number of ether oxygens (including phenoxy) is 1. The van der Waals surface area contributed by atoms with Crippen LogP contribution in [-0.4, -0.2) is 46.3 Å². The Labute approximate surface area is 147 Å². The summed E-state index contributed by atoms with van der Waals surface area (Å²) in [5.74, 6) is 0.160. The second-order valence-corrected chi connectivity index (χ2v) is 7.15. The summed E-state index contributed by atoms with van der Waals surface area (Å²) in [5, 5.41) is 7.64. The minimum absolute atomic E-state index is 0.160. The summed E-state index contributed by atoms with van der Waals surface area (Å²) in [7, 11) is 1.89. The minimum atomic E-state index is -0.505. The number of fused-ring (bicyclic) bond motifs is 1. The first-order chi connectivity index (χ1) is 12.0. The normalized spacial score (nSPS) is 26.3. The lowest BCUT2D eigenvalue weighted by Crippen LogP contribution is -2.56. The fraction of sp³-hybridized carbons (Fsp3) is 0.474. The number of carbonyl (C=O) groups is 1. The summed E-state index contributed by atoms with van der Waals surface area (Å²) in [6, 6.07) is 8.17. The molecule has 0 radical (unpaired) electrons. The van der Waals surface area contributed by atoms with Crippen molar-refractivity contribution in [2.75, 3.05) is 19.7 Å². The van der Waals surface area contributed by atoms with Gasteiger partial charge in [0.1, 0.15) is 5.60 Å². The molecule has 2 atom stereocenters. The molecule has 6 nitrogen and oxygen atoms in total. The predicted octanol–water partition coefficient (Wildman–Crippen LogP) is 1.21. The highest BCUT2D eigenvalue weighted by Gasteiger charge is 2.39. The molecule has 4 rings (SSSR count). The molecule has 2 aliphatic heterocycles. The topological polar surface area (TPSA) is 59.4 Å². The van der Waals surface area contributed by atoms with Crippen LogP contribution in [0.5, 0.6) is 0 Å².